The van der Waals surface area contributed by atoms with E-state index in [1.165, 1.54) is 0 Å². The highest BCUT2D eigenvalue weighted by Gasteiger charge is 2.64. The average molecular weight is 267 g/mol. The van der Waals surface area contributed by atoms with E-state index in [2.05, 4.69) is 0 Å². The van der Waals surface area contributed by atoms with E-state index >= 15 is 0 Å². The van der Waals surface area contributed by atoms with Crippen LogP contribution in [0.5, 0.6) is 0 Å². The summed E-state index contributed by atoms with van der Waals surface area (Å²) in [5, 5.41) is 0. The van der Waals surface area contributed by atoms with Crippen LogP contribution >= 0.6 is 23.2 Å². The molecule has 0 amide bonds. The molecule has 0 spiro atoms. The summed E-state index contributed by atoms with van der Waals surface area (Å²) in [4.78, 5) is 0. The highest BCUT2D eigenvalue weighted by molar-refractivity contribution is 6.52. The van der Waals surface area contributed by atoms with Gasteiger partial charge >= 0.3 is 0 Å². The first-order valence-electron chi connectivity index (χ1n) is 6.45. The van der Waals surface area contributed by atoms with E-state index in [4.69, 9.17) is 25.9 Å². The quantitative estimate of drug-likeness (QED) is 0.689. The van der Waals surface area contributed by atoms with Gasteiger partial charge in [0.15, 0.2) is 0 Å². The van der Waals surface area contributed by atoms with E-state index in [-0.39, 0.29) is 0 Å². The third-order valence-electron chi connectivity index (χ3n) is 2.94. The number of benzene rings is 2. The van der Waals surface area contributed by atoms with Crippen LogP contribution in [-0.4, -0.2) is 4.33 Å². The molecule has 2 aromatic carbocycles. The second kappa shape index (κ2) is 4.04. The topological polar surface area (TPSA) is 0 Å². The van der Waals surface area contributed by atoms with Crippen molar-refractivity contribution in [2.24, 2.45) is 0 Å². The highest BCUT2D eigenvalue weighted by Crippen LogP contribution is 2.69. The summed E-state index contributed by atoms with van der Waals surface area (Å²) in [6, 6.07) is 18.3. The molecule has 2 heteroatoms. The molecule has 0 saturated heterocycles. The zero-order chi connectivity index (χ0) is 13.7. The van der Waals surface area contributed by atoms with Crippen LogP contribution in [-0.2, 0) is 0 Å². The molecule has 17 heavy (non-hydrogen) atoms. The molecule has 0 nitrogen and oxygen atoms in total. The minimum absolute atomic E-state index is 0.666. The lowest BCUT2D eigenvalue weighted by Crippen LogP contribution is -1.90. The van der Waals surface area contributed by atoms with Crippen molar-refractivity contribution in [3.05, 3.63) is 71.8 Å². The van der Waals surface area contributed by atoms with Gasteiger partial charge in [-0.1, -0.05) is 60.7 Å². The first-order chi connectivity index (χ1) is 8.96. The van der Waals surface area contributed by atoms with E-state index in [0.29, 0.717) is 11.1 Å². The van der Waals surface area contributed by atoms with Crippen LogP contribution in [0.3, 0.4) is 0 Å². The fourth-order valence-corrected chi connectivity index (χ4v) is 2.82. The monoisotopic (exact) mass is 266 g/mol. The normalized spacial score (nSPS) is 35.9. The molecule has 2 aromatic rings. The number of halogens is 2. The summed E-state index contributed by atoms with van der Waals surface area (Å²) >= 11 is 12.6. The molecule has 0 N–H and O–H groups in total. The lowest BCUT2D eigenvalue weighted by molar-refractivity contribution is 1.03. The van der Waals surface area contributed by atoms with Gasteiger partial charge in [-0.15, -0.1) is 23.2 Å². The van der Waals surface area contributed by atoms with Crippen molar-refractivity contribution in [3.8, 4) is 0 Å². The molecule has 2 atom stereocenters. The smallest absolute Gasteiger partial charge is 0.100 e. The second-order valence-electron chi connectivity index (χ2n) is 4.06. The van der Waals surface area contributed by atoms with Gasteiger partial charge in [0, 0.05) is 14.5 Å². The third-order valence-corrected chi connectivity index (χ3v) is 3.70. The maximum absolute atomic E-state index is 8.63. The van der Waals surface area contributed by atoms with Gasteiger partial charge in [-0.2, -0.15) is 0 Å². The van der Waals surface area contributed by atoms with Crippen molar-refractivity contribution >= 4 is 23.2 Å². The molecule has 1 fully saturated rings. The van der Waals surface area contributed by atoms with Gasteiger partial charge in [-0.05, 0) is 11.1 Å². The van der Waals surface area contributed by atoms with E-state index < -0.39 is 16.1 Å². The van der Waals surface area contributed by atoms with E-state index in [9.17, 15) is 0 Å². The molecule has 0 aliphatic heterocycles. The summed E-state index contributed by atoms with van der Waals surface area (Å²) in [7, 11) is 0. The molecule has 3 rings (SSSR count). The van der Waals surface area contributed by atoms with Crippen LogP contribution in [0.2, 0.25) is 0 Å². The lowest BCUT2D eigenvalue weighted by Gasteiger charge is -1.99. The standard InChI is InChI=1S/C15H12Cl2/c16-15(17)13(11-7-3-1-4-8-11)14(15)12-9-5-2-6-10-12/h1-10,13-14H/t13-,14+/i13T,14T. The maximum atomic E-state index is 8.63. The summed E-state index contributed by atoms with van der Waals surface area (Å²) < 4.78 is 15.8. The first kappa shape index (κ1) is 9.02. The van der Waals surface area contributed by atoms with Crippen molar-refractivity contribution in [2.45, 2.75) is 16.1 Å². The van der Waals surface area contributed by atoms with Crippen molar-refractivity contribution in [2.75, 3.05) is 0 Å². The Kier molecular flexibility index (Phi) is 2.14. The third kappa shape index (κ3) is 1.86. The van der Waals surface area contributed by atoms with Gasteiger partial charge in [-0.3, -0.25) is 0 Å². The number of alkyl halides is 2. The molecule has 0 heterocycles. The average Bonchev–Trinajstić information content (AvgIpc) is 2.82. The van der Waals surface area contributed by atoms with Gasteiger partial charge in [0.25, 0.3) is 0 Å². The fraction of sp³-hybridized carbons (Fsp3) is 0.200. The molecule has 86 valence electrons. The molecule has 0 aromatic heterocycles. The lowest BCUT2D eigenvalue weighted by atomic mass is 10.0. The Morgan fingerprint density at radius 1 is 0.765 bits per heavy atom. The van der Waals surface area contributed by atoms with Gasteiger partial charge < -0.3 is 0 Å². The zero-order valence-electron chi connectivity index (χ0n) is 11.0. The summed E-state index contributed by atoms with van der Waals surface area (Å²) in [6.07, 6.45) is 0. The minimum Gasteiger partial charge on any atom is -0.100 e. The summed E-state index contributed by atoms with van der Waals surface area (Å²) in [5.74, 6) is -2.71. The van der Waals surface area contributed by atoms with E-state index in [1.54, 1.807) is 24.3 Å². The highest BCUT2D eigenvalue weighted by atomic mass is 35.5. The molecule has 1 aliphatic rings. The van der Waals surface area contributed by atoms with Gasteiger partial charge in [0.2, 0.25) is 0 Å². The minimum atomic E-state index is -1.46. The molecular formula is C15H12Cl2. The predicted molar refractivity (Wildman–Crippen MR) is 72.8 cm³/mol. The van der Waals surface area contributed by atoms with Crippen LogP contribution < -0.4 is 0 Å². The second-order valence-corrected chi connectivity index (χ2v) is 5.38. The van der Waals surface area contributed by atoms with E-state index in [1.807, 2.05) is 36.4 Å². The van der Waals surface area contributed by atoms with Gasteiger partial charge in [0.05, 0.1) is 0 Å². The Labute approximate surface area is 114 Å². The summed E-state index contributed by atoms with van der Waals surface area (Å²) in [6.45, 7) is 0. The number of hydrogen-bond acceptors (Lipinski definition) is 0. The Bertz CT molecular complexity index is 547. The maximum Gasteiger partial charge on any atom is 0.133 e. The van der Waals surface area contributed by atoms with E-state index in [0.717, 1.165) is 0 Å². The Morgan fingerprint density at radius 2 is 1.12 bits per heavy atom. The SMILES string of the molecule is [3H][C@]1(c2ccccc2)C(Cl)(Cl)[C@@]1([3H])c1ccccc1. The van der Waals surface area contributed by atoms with Crippen molar-refractivity contribution in [3.63, 3.8) is 0 Å². The largest absolute Gasteiger partial charge is 0.133 e. The van der Waals surface area contributed by atoms with Crippen LogP contribution in [0.1, 0.15) is 25.7 Å². The van der Waals surface area contributed by atoms with Crippen LogP contribution in [0.4, 0.5) is 0 Å². The molecule has 0 unspecified atom stereocenters. The van der Waals surface area contributed by atoms with Gasteiger partial charge in [-0.25, -0.2) is 0 Å². The Morgan fingerprint density at radius 3 is 1.47 bits per heavy atom. The fourth-order valence-electron chi connectivity index (χ4n) is 2.10. The van der Waals surface area contributed by atoms with Crippen molar-refractivity contribution in [1.82, 2.24) is 0 Å². The molecular weight excluding hydrogens is 251 g/mol. The molecule has 0 radical (unpaired) electrons. The van der Waals surface area contributed by atoms with Crippen LogP contribution in [0.15, 0.2) is 60.7 Å². The van der Waals surface area contributed by atoms with Crippen molar-refractivity contribution in [1.29, 1.82) is 0 Å². The van der Waals surface area contributed by atoms with Crippen LogP contribution in [0.25, 0.3) is 0 Å². The van der Waals surface area contributed by atoms with Crippen LogP contribution in [0, 0.1) is 0 Å². The Hall–Kier alpha value is -0.980. The first-order valence-corrected chi connectivity index (χ1v) is 6.21. The Balaban J connectivity index is 2.15. The molecule has 1 aliphatic carbocycles. The zero-order valence-corrected chi connectivity index (χ0v) is 10.5. The molecule has 0 bridgehead atoms. The number of rotatable bonds is 2. The molecule has 1 saturated carbocycles. The predicted octanol–water partition coefficient (Wildman–Crippen LogP) is 4.74. The van der Waals surface area contributed by atoms with Gasteiger partial charge in [0.1, 0.15) is 4.33 Å². The number of hydrogen-bond donors (Lipinski definition) is 0. The summed E-state index contributed by atoms with van der Waals surface area (Å²) in [5.41, 5.74) is 1.33. The van der Waals surface area contributed by atoms with Crippen molar-refractivity contribution < 1.29 is 2.74 Å².